The van der Waals surface area contributed by atoms with Gasteiger partial charge in [-0.05, 0) is 78.8 Å². The van der Waals surface area contributed by atoms with Gasteiger partial charge in [0.05, 0.1) is 26.4 Å². The minimum Gasteiger partial charge on any atom is -0.423 e. The molecule has 0 aromatic heterocycles. The lowest BCUT2D eigenvalue weighted by Gasteiger charge is -2.30. The number of fused-ring (bicyclic) bond motifs is 1. The van der Waals surface area contributed by atoms with Crippen LogP contribution >= 0.6 is 46.4 Å². The van der Waals surface area contributed by atoms with Crippen LogP contribution in [0.25, 0.3) is 0 Å². The summed E-state index contributed by atoms with van der Waals surface area (Å²) in [6.45, 7) is 5.37. The van der Waals surface area contributed by atoms with E-state index in [1.807, 2.05) is 13.8 Å². The number of alkyl halides is 3. The summed E-state index contributed by atoms with van der Waals surface area (Å²) in [5, 5.41) is 16.9. The number of hydrogen-bond donors (Lipinski definition) is 2. The van der Waals surface area contributed by atoms with Crippen molar-refractivity contribution in [2.24, 2.45) is 5.16 Å². The molecular formula is C28H22BCl4F3N2O4. The molecule has 14 heteroatoms. The first kappa shape index (κ1) is 31.0. The van der Waals surface area contributed by atoms with Crippen molar-refractivity contribution in [3.63, 3.8) is 0 Å². The normalized spacial score (nSPS) is 19.4. The molecule has 2 heterocycles. The number of rotatable bonds is 5. The Kier molecular flexibility index (Phi) is 8.05. The molecule has 0 radical (unpaired) electrons. The molecule has 5 rings (SSSR count). The maximum absolute atomic E-state index is 14.4. The van der Waals surface area contributed by atoms with Gasteiger partial charge in [-0.15, -0.1) is 0 Å². The van der Waals surface area contributed by atoms with Crippen LogP contribution in [0.15, 0.2) is 47.6 Å². The summed E-state index contributed by atoms with van der Waals surface area (Å²) in [7, 11) is -1.11. The Balaban J connectivity index is 1.34. The summed E-state index contributed by atoms with van der Waals surface area (Å²) in [4.78, 5) is 18.1. The van der Waals surface area contributed by atoms with E-state index >= 15 is 0 Å². The second-order valence-corrected chi connectivity index (χ2v) is 12.2. The van der Waals surface area contributed by atoms with Crippen LogP contribution in [0.4, 0.5) is 13.2 Å². The third kappa shape index (κ3) is 5.38. The Morgan fingerprint density at radius 1 is 1.07 bits per heavy atom. The van der Waals surface area contributed by atoms with Crippen molar-refractivity contribution < 1.29 is 32.5 Å². The van der Waals surface area contributed by atoms with E-state index in [-0.39, 0.29) is 32.9 Å². The highest BCUT2D eigenvalue weighted by atomic mass is 35.5. The van der Waals surface area contributed by atoms with E-state index in [9.17, 15) is 23.0 Å². The Morgan fingerprint density at radius 2 is 1.74 bits per heavy atom. The van der Waals surface area contributed by atoms with E-state index in [4.69, 9.17) is 55.9 Å². The second kappa shape index (κ2) is 10.9. The van der Waals surface area contributed by atoms with Gasteiger partial charge in [0.25, 0.3) is 11.5 Å². The number of amides is 1. The summed E-state index contributed by atoms with van der Waals surface area (Å²) in [5.41, 5.74) is -0.772. The maximum Gasteiger partial charge on any atom is 0.492 e. The van der Waals surface area contributed by atoms with Gasteiger partial charge in [0.2, 0.25) is 0 Å². The number of benzene rings is 3. The van der Waals surface area contributed by atoms with Gasteiger partial charge < -0.3 is 19.8 Å². The van der Waals surface area contributed by atoms with Crippen LogP contribution in [0.5, 0.6) is 0 Å². The van der Waals surface area contributed by atoms with Crippen LogP contribution in [0.3, 0.4) is 0 Å². The van der Waals surface area contributed by atoms with Gasteiger partial charge in [-0.1, -0.05) is 63.7 Å². The molecule has 42 heavy (non-hydrogen) atoms. The predicted octanol–water partition coefficient (Wildman–Crippen LogP) is 7.07. The summed E-state index contributed by atoms with van der Waals surface area (Å²) in [5.74, 6) is -0.424. The van der Waals surface area contributed by atoms with Gasteiger partial charge in [-0.2, -0.15) is 13.2 Å². The SMILES string of the molecule is Cc1cc(C2=NOC(c3cc(Cl)c(Cl)c(Cl)c3)(C(F)(F)F)C2)ccc1C(=O)NCc1cc2c(cc1Cl)C(C)(C)OB2O. The highest BCUT2D eigenvalue weighted by Gasteiger charge is 2.62. The van der Waals surface area contributed by atoms with Gasteiger partial charge in [0, 0.05) is 29.1 Å². The average Bonchev–Trinajstić information content (AvgIpc) is 3.45. The summed E-state index contributed by atoms with van der Waals surface area (Å²) >= 11 is 24.4. The predicted molar refractivity (Wildman–Crippen MR) is 157 cm³/mol. The largest absolute Gasteiger partial charge is 0.492 e. The first-order valence-corrected chi connectivity index (χ1v) is 14.1. The van der Waals surface area contributed by atoms with E-state index in [0.29, 0.717) is 32.7 Å². The minimum absolute atomic E-state index is 0.0261. The van der Waals surface area contributed by atoms with Crippen molar-refractivity contribution in [3.05, 3.63) is 95.9 Å². The van der Waals surface area contributed by atoms with Crippen LogP contribution in [0, 0.1) is 6.92 Å². The molecule has 1 unspecified atom stereocenters. The van der Waals surface area contributed by atoms with Crippen molar-refractivity contribution >= 4 is 70.6 Å². The number of aryl methyl sites for hydroxylation is 1. The van der Waals surface area contributed by atoms with Crippen molar-refractivity contribution in [2.45, 2.75) is 51.1 Å². The van der Waals surface area contributed by atoms with Gasteiger partial charge in [0.1, 0.15) is 0 Å². The lowest BCUT2D eigenvalue weighted by molar-refractivity contribution is -0.275. The monoisotopic (exact) mass is 658 g/mol. The fourth-order valence-electron chi connectivity index (χ4n) is 5.12. The molecule has 1 amide bonds. The zero-order chi connectivity index (χ0) is 30.8. The molecule has 0 saturated carbocycles. The fourth-order valence-corrected chi connectivity index (χ4v) is 5.95. The average molecular weight is 660 g/mol. The third-order valence-corrected chi connectivity index (χ3v) is 8.97. The quantitative estimate of drug-likeness (QED) is 0.227. The van der Waals surface area contributed by atoms with Gasteiger partial charge in [-0.3, -0.25) is 4.79 Å². The van der Waals surface area contributed by atoms with Crippen molar-refractivity contribution in [2.75, 3.05) is 0 Å². The smallest absolute Gasteiger partial charge is 0.423 e. The molecule has 0 fully saturated rings. The van der Waals surface area contributed by atoms with Crippen molar-refractivity contribution in [1.82, 2.24) is 5.32 Å². The fraction of sp³-hybridized carbons (Fsp3) is 0.286. The minimum atomic E-state index is -4.87. The molecule has 0 bridgehead atoms. The molecule has 6 nitrogen and oxygen atoms in total. The lowest BCUT2D eigenvalue weighted by Crippen LogP contribution is -2.42. The molecule has 3 aromatic rings. The topological polar surface area (TPSA) is 80.2 Å². The Bertz CT molecular complexity index is 1630. The molecular weight excluding hydrogens is 638 g/mol. The van der Waals surface area contributed by atoms with Crippen LogP contribution in [-0.2, 0) is 27.2 Å². The summed E-state index contributed by atoms with van der Waals surface area (Å²) in [6, 6.07) is 10.1. The van der Waals surface area contributed by atoms with E-state index in [1.54, 1.807) is 25.1 Å². The Morgan fingerprint density at radius 3 is 2.36 bits per heavy atom. The number of oxime groups is 1. The number of nitrogens with zero attached hydrogens (tertiary/aromatic N) is 1. The van der Waals surface area contributed by atoms with Gasteiger partial charge in [-0.25, -0.2) is 0 Å². The number of nitrogens with one attached hydrogen (secondary N) is 1. The zero-order valence-electron chi connectivity index (χ0n) is 22.3. The van der Waals surface area contributed by atoms with E-state index in [1.165, 1.54) is 12.1 Å². The molecule has 0 aliphatic carbocycles. The van der Waals surface area contributed by atoms with Crippen molar-refractivity contribution in [3.8, 4) is 0 Å². The lowest BCUT2D eigenvalue weighted by atomic mass is 9.77. The number of halogens is 7. The van der Waals surface area contributed by atoms with Crippen LogP contribution in [-0.4, -0.2) is 29.9 Å². The van der Waals surface area contributed by atoms with Crippen LogP contribution in [0.2, 0.25) is 20.1 Å². The van der Waals surface area contributed by atoms with E-state index in [2.05, 4.69) is 10.5 Å². The highest BCUT2D eigenvalue weighted by Crippen LogP contribution is 2.50. The molecule has 3 aromatic carbocycles. The molecule has 2 N–H and O–H groups in total. The molecule has 220 valence electrons. The Labute approximate surface area is 259 Å². The summed E-state index contributed by atoms with van der Waals surface area (Å²) < 4.78 is 48.7. The number of hydrogen-bond acceptors (Lipinski definition) is 5. The molecule has 1 atom stereocenters. The van der Waals surface area contributed by atoms with Gasteiger partial charge in [0.15, 0.2) is 0 Å². The number of carbonyl (C=O) groups is 1. The molecule has 2 aliphatic heterocycles. The Hall–Kier alpha value is -2.47. The molecule has 0 saturated heterocycles. The highest BCUT2D eigenvalue weighted by molar-refractivity contribution is 6.62. The first-order valence-electron chi connectivity index (χ1n) is 12.6. The third-order valence-electron chi connectivity index (χ3n) is 7.42. The van der Waals surface area contributed by atoms with E-state index in [0.717, 1.165) is 17.7 Å². The van der Waals surface area contributed by atoms with Crippen LogP contribution in [0.1, 0.15) is 58.4 Å². The van der Waals surface area contributed by atoms with Gasteiger partial charge >= 0.3 is 13.3 Å². The van der Waals surface area contributed by atoms with Crippen molar-refractivity contribution in [1.29, 1.82) is 0 Å². The molecule has 0 spiro atoms. The number of carbonyl (C=O) groups excluding carboxylic acids is 1. The first-order chi connectivity index (χ1) is 19.5. The molecule has 2 aliphatic rings. The summed E-state index contributed by atoms with van der Waals surface area (Å²) in [6.07, 6.45) is -5.52. The second-order valence-electron chi connectivity index (χ2n) is 10.6. The van der Waals surface area contributed by atoms with Crippen LogP contribution < -0.4 is 10.8 Å². The maximum atomic E-state index is 14.4. The van der Waals surface area contributed by atoms with E-state index < -0.39 is 36.8 Å². The zero-order valence-corrected chi connectivity index (χ0v) is 25.3. The standard InChI is InChI=1S/C28H22BCl4F3N2O4/c1-13-6-14(23-11-27(42-38-23,28(34,35)36)16-8-21(31)24(33)22(32)9-16)4-5-17(13)25(39)37-12-15-7-19-18(10-20(15)30)26(2,3)41-29(19)40/h4-10,40H,11-12H2,1-3H3,(H,37,39).